The van der Waals surface area contributed by atoms with Gasteiger partial charge in [0.25, 0.3) is 0 Å². The minimum Gasteiger partial charge on any atom is -0.358 e. The molecule has 3 aromatic rings. The number of aromatic nitrogens is 5. The Bertz CT molecular complexity index is 707. The second-order valence-electron chi connectivity index (χ2n) is 3.31. The molecule has 9 heteroatoms. The van der Waals surface area contributed by atoms with Crippen LogP contribution in [0.5, 0.6) is 0 Å². The standard InChI is InChI=1S/C9H6N6O2S/c16-15(17)8-5-12-6-1-2-7(13-14(6)8)18-9-10-3-4-11-9/h1-5H,(H,10,11). The van der Waals surface area contributed by atoms with Gasteiger partial charge >= 0.3 is 5.82 Å². The van der Waals surface area contributed by atoms with Gasteiger partial charge in [-0.3, -0.25) is 0 Å². The smallest absolute Gasteiger partial charge is 0.358 e. The van der Waals surface area contributed by atoms with Crippen LogP contribution in [0.1, 0.15) is 0 Å². The van der Waals surface area contributed by atoms with Crippen LogP contribution in [0.4, 0.5) is 5.82 Å². The Morgan fingerprint density at radius 2 is 2.28 bits per heavy atom. The van der Waals surface area contributed by atoms with Crippen LogP contribution in [-0.4, -0.2) is 29.5 Å². The first kappa shape index (κ1) is 10.7. The van der Waals surface area contributed by atoms with E-state index in [9.17, 15) is 10.1 Å². The molecule has 3 rings (SSSR count). The minimum atomic E-state index is -0.520. The maximum atomic E-state index is 10.8. The van der Waals surface area contributed by atoms with Gasteiger partial charge in [-0.1, -0.05) is 9.61 Å². The second-order valence-corrected chi connectivity index (χ2v) is 4.32. The molecule has 0 fully saturated rings. The molecular weight excluding hydrogens is 256 g/mol. The molecule has 0 aliphatic carbocycles. The molecule has 0 amide bonds. The number of hydrogen-bond donors (Lipinski definition) is 1. The van der Waals surface area contributed by atoms with Gasteiger partial charge in [-0.15, -0.1) is 0 Å². The van der Waals surface area contributed by atoms with Crippen LogP contribution < -0.4 is 0 Å². The van der Waals surface area contributed by atoms with E-state index in [1.807, 2.05) is 0 Å². The second kappa shape index (κ2) is 4.11. The summed E-state index contributed by atoms with van der Waals surface area (Å²) in [6.07, 6.45) is 4.50. The van der Waals surface area contributed by atoms with E-state index in [1.165, 1.54) is 22.5 Å². The maximum Gasteiger partial charge on any atom is 0.368 e. The molecule has 0 atom stereocenters. The monoisotopic (exact) mass is 262 g/mol. The summed E-state index contributed by atoms with van der Waals surface area (Å²) in [5.74, 6) is -0.160. The highest BCUT2D eigenvalue weighted by molar-refractivity contribution is 7.99. The number of nitrogens with one attached hydrogen (secondary N) is 1. The van der Waals surface area contributed by atoms with E-state index < -0.39 is 4.92 Å². The van der Waals surface area contributed by atoms with Crippen molar-refractivity contribution in [2.75, 3.05) is 0 Å². The molecule has 8 nitrogen and oxygen atoms in total. The van der Waals surface area contributed by atoms with E-state index in [0.717, 1.165) is 0 Å². The van der Waals surface area contributed by atoms with Gasteiger partial charge in [-0.2, -0.15) is 0 Å². The summed E-state index contributed by atoms with van der Waals surface area (Å²) in [5.41, 5.74) is 0.436. The largest absolute Gasteiger partial charge is 0.368 e. The Balaban J connectivity index is 2.04. The van der Waals surface area contributed by atoms with Crippen LogP contribution in [0.3, 0.4) is 0 Å². The quantitative estimate of drug-likeness (QED) is 0.567. The van der Waals surface area contributed by atoms with Crippen molar-refractivity contribution in [3.63, 3.8) is 0 Å². The number of hydrogen-bond acceptors (Lipinski definition) is 6. The summed E-state index contributed by atoms with van der Waals surface area (Å²) in [6, 6.07) is 3.41. The predicted octanol–water partition coefficient (Wildman–Crippen LogP) is 1.51. The van der Waals surface area contributed by atoms with Crippen LogP contribution in [0, 0.1) is 10.1 Å². The van der Waals surface area contributed by atoms with Crippen molar-refractivity contribution in [1.29, 1.82) is 0 Å². The molecule has 0 aliphatic rings. The van der Waals surface area contributed by atoms with E-state index in [4.69, 9.17) is 0 Å². The summed E-state index contributed by atoms with van der Waals surface area (Å²) in [5, 5.41) is 16.2. The zero-order chi connectivity index (χ0) is 12.5. The number of imidazole rings is 2. The number of fused-ring (bicyclic) bond motifs is 1. The summed E-state index contributed by atoms with van der Waals surface area (Å²) < 4.78 is 1.20. The van der Waals surface area contributed by atoms with E-state index in [2.05, 4.69) is 20.1 Å². The first-order chi connectivity index (χ1) is 8.74. The Kier molecular flexibility index (Phi) is 2.45. The van der Waals surface area contributed by atoms with Gasteiger partial charge in [0.1, 0.15) is 11.2 Å². The third kappa shape index (κ3) is 1.80. The molecule has 0 spiro atoms. The third-order valence-corrected chi connectivity index (χ3v) is 3.02. The molecule has 0 saturated heterocycles. The van der Waals surface area contributed by atoms with Crippen LogP contribution in [0.25, 0.3) is 5.65 Å². The molecule has 0 aliphatic heterocycles. The van der Waals surface area contributed by atoms with Crippen LogP contribution in [0.2, 0.25) is 0 Å². The molecule has 18 heavy (non-hydrogen) atoms. The molecule has 3 aromatic heterocycles. The molecule has 0 saturated carbocycles. The Morgan fingerprint density at radius 3 is 3.00 bits per heavy atom. The number of nitro groups is 1. The van der Waals surface area contributed by atoms with Gasteiger partial charge in [-0.25, -0.2) is 9.97 Å². The Morgan fingerprint density at radius 1 is 1.39 bits per heavy atom. The van der Waals surface area contributed by atoms with Crippen molar-refractivity contribution in [2.45, 2.75) is 10.2 Å². The average molecular weight is 262 g/mol. The summed E-state index contributed by atoms with van der Waals surface area (Å²) in [4.78, 5) is 21.1. The topological polar surface area (TPSA) is 102 Å². The zero-order valence-electron chi connectivity index (χ0n) is 8.85. The van der Waals surface area contributed by atoms with Crippen molar-refractivity contribution in [1.82, 2.24) is 24.6 Å². The van der Waals surface area contributed by atoms with Gasteiger partial charge in [0.15, 0.2) is 5.16 Å². The Labute approximate surface area is 104 Å². The highest BCUT2D eigenvalue weighted by Gasteiger charge is 2.16. The van der Waals surface area contributed by atoms with Crippen molar-refractivity contribution in [3.8, 4) is 0 Å². The van der Waals surface area contributed by atoms with Crippen molar-refractivity contribution < 1.29 is 4.92 Å². The van der Waals surface area contributed by atoms with E-state index in [-0.39, 0.29) is 5.82 Å². The van der Waals surface area contributed by atoms with Crippen molar-refractivity contribution in [2.24, 2.45) is 0 Å². The van der Waals surface area contributed by atoms with E-state index >= 15 is 0 Å². The molecule has 0 unspecified atom stereocenters. The van der Waals surface area contributed by atoms with E-state index in [1.54, 1.807) is 24.5 Å². The first-order valence-electron chi connectivity index (χ1n) is 4.90. The number of H-pyrrole nitrogens is 1. The maximum absolute atomic E-state index is 10.8. The van der Waals surface area contributed by atoms with Gasteiger partial charge in [0.05, 0.1) is 0 Å². The van der Waals surface area contributed by atoms with Crippen LogP contribution in [-0.2, 0) is 0 Å². The molecule has 90 valence electrons. The van der Waals surface area contributed by atoms with Crippen LogP contribution in [0.15, 0.2) is 40.9 Å². The lowest BCUT2D eigenvalue weighted by molar-refractivity contribution is -0.391. The fourth-order valence-electron chi connectivity index (χ4n) is 1.43. The van der Waals surface area contributed by atoms with Gasteiger partial charge in [0.2, 0.25) is 5.65 Å². The molecule has 1 N–H and O–H groups in total. The lowest BCUT2D eigenvalue weighted by atomic mass is 10.6. The summed E-state index contributed by atoms with van der Waals surface area (Å²) in [7, 11) is 0. The summed E-state index contributed by atoms with van der Waals surface area (Å²) in [6.45, 7) is 0. The van der Waals surface area contributed by atoms with Crippen LogP contribution >= 0.6 is 11.8 Å². The number of nitrogens with zero attached hydrogens (tertiary/aromatic N) is 5. The van der Waals surface area contributed by atoms with Gasteiger partial charge in [0, 0.05) is 18.5 Å². The molecular formula is C9H6N6O2S. The first-order valence-corrected chi connectivity index (χ1v) is 5.72. The lowest BCUT2D eigenvalue weighted by Gasteiger charge is -1.96. The molecule has 0 radical (unpaired) electrons. The van der Waals surface area contributed by atoms with Gasteiger partial charge < -0.3 is 15.1 Å². The zero-order valence-corrected chi connectivity index (χ0v) is 9.66. The molecule has 3 heterocycles. The number of rotatable bonds is 3. The normalized spacial score (nSPS) is 10.9. The minimum absolute atomic E-state index is 0.160. The van der Waals surface area contributed by atoms with Crippen molar-refractivity contribution >= 4 is 23.2 Å². The lowest BCUT2D eigenvalue weighted by Crippen LogP contribution is -1.98. The predicted molar refractivity (Wildman–Crippen MR) is 62.4 cm³/mol. The molecule has 0 bridgehead atoms. The fourth-order valence-corrected chi connectivity index (χ4v) is 2.13. The van der Waals surface area contributed by atoms with E-state index in [0.29, 0.717) is 15.8 Å². The highest BCUT2D eigenvalue weighted by Crippen LogP contribution is 2.23. The Hall–Kier alpha value is -2.42. The SMILES string of the molecule is O=[N+]([O-])c1cnc2ccc(Sc3ncc[nH]3)nn12. The fraction of sp³-hybridized carbons (Fsp3) is 0. The molecule has 0 aromatic carbocycles. The third-order valence-electron chi connectivity index (χ3n) is 2.18. The summed E-state index contributed by atoms with van der Waals surface area (Å²) >= 11 is 1.28. The van der Waals surface area contributed by atoms with Crippen molar-refractivity contribution in [3.05, 3.63) is 40.8 Å². The average Bonchev–Trinajstić information content (AvgIpc) is 2.97. The van der Waals surface area contributed by atoms with Gasteiger partial charge in [-0.05, 0) is 22.8 Å². The highest BCUT2D eigenvalue weighted by atomic mass is 32.2. The number of aromatic amines is 1.